The van der Waals surface area contributed by atoms with Gasteiger partial charge in [0.15, 0.2) is 6.04 Å². The molecule has 1 heterocycles. The molecule has 162 valence electrons. The number of carbonyl (C=O) groups is 3. The maximum atomic E-state index is 12.2. The summed E-state index contributed by atoms with van der Waals surface area (Å²) in [5.41, 5.74) is 5.26. The van der Waals surface area contributed by atoms with Crippen LogP contribution in [0.1, 0.15) is 50.4 Å². The number of hydrogen-bond acceptors (Lipinski definition) is 9. The highest BCUT2D eigenvalue weighted by molar-refractivity contribution is 5.83. The van der Waals surface area contributed by atoms with Gasteiger partial charge in [-0.2, -0.15) is 0 Å². The van der Waals surface area contributed by atoms with Crippen molar-refractivity contribution in [3.63, 3.8) is 0 Å². The van der Waals surface area contributed by atoms with E-state index in [0.717, 1.165) is 0 Å². The summed E-state index contributed by atoms with van der Waals surface area (Å²) in [6.07, 6.45) is -0.919. The number of aliphatic hydroxyl groups is 2. The Labute approximate surface area is 165 Å². The maximum absolute atomic E-state index is 12.2. The normalized spacial score (nSPS) is 24.1. The summed E-state index contributed by atoms with van der Waals surface area (Å²) in [6.45, 7) is 1.18. The Kier molecular flexibility index (Phi) is 7.11. The molecule has 8 N–H and O–H groups in total. The number of aromatic nitrogens is 2. The molecule has 0 radical (unpaired) electrons. The third-order valence-electron chi connectivity index (χ3n) is 4.72. The number of urea groups is 1. The van der Waals surface area contributed by atoms with Gasteiger partial charge >= 0.3 is 18.0 Å². The van der Waals surface area contributed by atoms with E-state index in [-0.39, 0.29) is 37.1 Å². The van der Waals surface area contributed by atoms with Crippen LogP contribution in [-0.4, -0.2) is 67.3 Å². The maximum Gasteiger partial charge on any atom is 0.328 e. The Morgan fingerprint density at radius 3 is 2.45 bits per heavy atom. The van der Waals surface area contributed by atoms with E-state index in [1.54, 1.807) is 0 Å². The van der Waals surface area contributed by atoms with E-state index in [2.05, 4.69) is 20.8 Å². The van der Waals surface area contributed by atoms with Gasteiger partial charge in [0.2, 0.25) is 11.8 Å². The van der Waals surface area contributed by atoms with E-state index < -0.39 is 41.7 Å². The van der Waals surface area contributed by atoms with Gasteiger partial charge in [-0.15, -0.1) is 10.2 Å². The molecule has 0 aromatic carbocycles. The van der Waals surface area contributed by atoms with E-state index in [1.165, 1.54) is 6.92 Å². The van der Waals surface area contributed by atoms with Crippen LogP contribution in [0, 0.1) is 5.92 Å². The lowest BCUT2D eigenvalue weighted by molar-refractivity contribution is -0.141. The van der Waals surface area contributed by atoms with Crippen LogP contribution < -0.4 is 16.4 Å². The van der Waals surface area contributed by atoms with Gasteiger partial charge in [-0.1, -0.05) is 0 Å². The number of amides is 2. The Morgan fingerprint density at radius 2 is 1.93 bits per heavy atom. The number of aliphatic carboxylic acids is 2. The molecule has 0 spiro atoms. The fourth-order valence-corrected chi connectivity index (χ4v) is 3.11. The highest BCUT2D eigenvalue weighted by Crippen LogP contribution is 2.42. The highest BCUT2D eigenvalue weighted by atomic mass is 16.4. The number of carboxylic acid groups (broad SMARTS) is 2. The Morgan fingerprint density at radius 1 is 1.28 bits per heavy atom. The summed E-state index contributed by atoms with van der Waals surface area (Å²) >= 11 is 0. The molecule has 0 saturated heterocycles. The largest absolute Gasteiger partial charge is 0.481 e. The minimum absolute atomic E-state index is 0.0169. The summed E-state index contributed by atoms with van der Waals surface area (Å²) in [4.78, 5) is 34.2. The van der Waals surface area contributed by atoms with Gasteiger partial charge in [0.1, 0.15) is 6.04 Å². The van der Waals surface area contributed by atoms with Gasteiger partial charge in [0.25, 0.3) is 0 Å². The first-order valence-corrected chi connectivity index (χ1v) is 8.99. The van der Waals surface area contributed by atoms with Gasteiger partial charge in [0.05, 0.1) is 11.6 Å². The predicted molar refractivity (Wildman–Crippen MR) is 94.4 cm³/mol. The van der Waals surface area contributed by atoms with Crippen molar-refractivity contribution in [2.75, 3.05) is 6.61 Å². The molecule has 1 saturated carbocycles. The average molecular weight is 415 g/mol. The van der Waals surface area contributed by atoms with Gasteiger partial charge < -0.3 is 41.2 Å². The minimum atomic E-state index is -1.56. The van der Waals surface area contributed by atoms with Crippen LogP contribution in [0.3, 0.4) is 0 Å². The highest BCUT2D eigenvalue weighted by Gasteiger charge is 2.46. The number of rotatable bonds is 10. The zero-order chi connectivity index (χ0) is 21.8. The summed E-state index contributed by atoms with van der Waals surface area (Å²) < 4.78 is 5.55. The molecule has 1 aromatic heterocycles. The van der Waals surface area contributed by atoms with Crippen LogP contribution in [0.25, 0.3) is 0 Å². The van der Waals surface area contributed by atoms with Crippen LogP contribution in [0.5, 0.6) is 0 Å². The zero-order valence-electron chi connectivity index (χ0n) is 15.7. The number of carboxylic acids is 2. The Hall–Kier alpha value is -2.77. The van der Waals surface area contributed by atoms with Gasteiger partial charge in [0, 0.05) is 13.0 Å². The zero-order valence-corrected chi connectivity index (χ0v) is 15.7. The second-order valence-corrected chi connectivity index (χ2v) is 7.22. The lowest BCUT2D eigenvalue weighted by atomic mass is 9.69. The number of hydrogen-bond donors (Lipinski definition) is 7. The summed E-state index contributed by atoms with van der Waals surface area (Å²) in [5.74, 6) is -2.52. The molecule has 1 aromatic rings. The van der Waals surface area contributed by atoms with Crippen LogP contribution >= 0.6 is 0 Å². The number of carbonyl (C=O) groups excluding carboxylic acids is 1. The molecule has 3 atom stereocenters. The van der Waals surface area contributed by atoms with Crippen molar-refractivity contribution in [1.82, 2.24) is 20.8 Å². The lowest BCUT2D eigenvalue weighted by Crippen LogP contribution is -2.51. The van der Waals surface area contributed by atoms with Crippen LogP contribution in [0.4, 0.5) is 4.79 Å². The van der Waals surface area contributed by atoms with Crippen LogP contribution in [0.2, 0.25) is 0 Å². The molecular weight excluding hydrogens is 390 g/mol. The second kappa shape index (κ2) is 9.15. The summed E-state index contributed by atoms with van der Waals surface area (Å²) in [7, 11) is 0. The second-order valence-electron chi connectivity index (χ2n) is 7.22. The third kappa shape index (κ3) is 5.62. The van der Waals surface area contributed by atoms with Gasteiger partial charge in [-0.25, -0.2) is 9.59 Å². The van der Waals surface area contributed by atoms with E-state index in [9.17, 15) is 19.5 Å². The summed E-state index contributed by atoms with van der Waals surface area (Å²) in [5, 5.41) is 48.7. The van der Waals surface area contributed by atoms with Crippen LogP contribution in [0.15, 0.2) is 4.42 Å². The smallest absolute Gasteiger partial charge is 0.328 e. The number of nitrogens with zero attached hydrogens (tertiary/aromatic N) is 2. The first-order chi connectivity index (χ1) is 13.6. The van der Waals surface area contributed by atoms with E-state index in [1.807, 2.05) is 0 Å². The molecule has 29 heavy (non-hydrogen) atoms. The van der Waals surface area contributed by atoms with Gasteiger partial charge in [-0.3, -0.25) is 4.79 Å². The molecule has 2 rings (SSSR count). The van der Waals surface area contributed by atoms with E-state index in [4.69, 9.17) is 25.5 Å². The SMILES string of the molecule is CC(O)C(NC(=O)NC(CCC(=O)O)c1nnc(C2(N)CC(CO)C2)o1)C(=O)O. The summed E-state index contributed by atoms with van der Waals surface area (Å²) in [6, 6.07) is -3.54. The van der Waals surface area contributed by atoms with Crippen molar-refractivity contribution < 1.29 is 39.2 Å². The molecule has 2 amide bonds. The standard InChI is InChI=1S/C16H25N5O8/c1-7(23)11(13(26)27)19-15(28)18-9(2-3-10(24)25)12-20-21-14(29-12)16(17)4-8(5-16)6-22/h7-9,11,22-23H,2-6,17H2,1H3,(H,24,25)(H,26,27)(H2,18,19,28). The van der Waals surface area contributed by atoms with E-state index in [0.29, 0.717) is 12.8 Å². The number of aliphatic hydroxyl groups excluding tert-OH is 2. The number of nitrogens with one attached hydrogen (secondary N) is 2. The first kappa shape index (κ1) is 22.5. The fourth-order valence-electron chi connectivity index (χ4n) is 3.11. The fraction of sp³-hybridized carbons (Fsp3) is 0.688. The topological polar surface area (TPSA) is 221 Å². The first-order valence-electron chi connectivity index (χ1n) is 8.99. The van der Waals surface area contributed by atoms with Crippen molar-refractivity contribution in [3.05, 3.63) is 11.8 Å². The molecule has 3 unspecified atom stereocenters. The molecule has 1 fully saturated rings. The monoisotopic (exact) mass is 415 g/mol. The van der Waals surface area contributed by atoms with E-state index >= 15 is 0 Å². The molecule has 1 aliphatic rings. The number of nitrogens with two attached hydrogens (primary N) is 1. The molecule has 0 aliphatic heterocycles. The Bertz CT molecular complexity index is 745. The molecule has 0 bridgehead atoms. The quantitative estimate of drug-likeness (QED) is 0.237. The Balaban J connectivity index is 2.11. The predicted octanol–water partition coefficient (Wildman–Crippen LogP) is -1.33. The van der Waals surface area contributed by atoms with Gasteiger partial charge in [-0.05, 0) is 32.1 Å². The van der Waals surface area contributed by atoms with Crippen molar-refractivity contribution in [2.24, 2.45) is 11.7 Å². The minimum Gasteiger partial charge on any atom is -0.481 e. The lowest BCUT2D eigenvalue weighted by Gasteiger charge is -2.41. The molecular formula is C16H25N5O8. The molecule has 13 heteroatoms. The third-order valence-corrected chi connectivity index (χ3v) is 4.72. The van der Waals surface area contributed by atoms with Crippen LogP contribution in [-0.2, 0) is 15.1 Å². The van der Waals surface area contributed by atoms with Crippen molar-refractivity contribution >= 4 is 18.0 Å². The molecule has 1 aliphatic carbocycles. The van der Waals surface area contributed by atoms with Crippen molar-refractivity contribution in [1.29, 1.82) is 0 Å². The van der Waals surface area contributed by atoms with Crippen molar-refractivity contribution in [2.45, 2.75) is 56.3 Å². The van der Waals surface area contributed by atoms with Crippen molar-refractivity contribution in [3.8, 4) is 0 Å². The molecule has 13 nitrogen and oxygen atoms in total. The average Bonchev–Trinajstić information content (AvgIpc) is 3.10.